The largest absolute Gasteiger partial charge is 0.343 e. The van der Waals surface area contributed by atoms with Crippen LogP contribution in [0.5, 0.6) is 0 Å². The van der Waals surface area contributed by atoms with Gasteiger partial charge in [-0.1, -0.05) is 31.2 Å². The predicted octanol–water partition coefficient (Wildman–Crippen LogP) is 3.48. The molecule has 2 fully saturated rings. The first-order chi connectivity index (χ1) is 11.1. The van der Waals surface area contributed by atoms with E-state index >= 15 is 0 Å². The maximum Gasteiger partial charge on any atom is 0.223 e. The van der Waals surface area contributed by atoms with Gasteiger partial charge in [0.15, 0.2) is 0 Å². The van der Waals surface area contributed by atoms with E-state index < -0.39 is 0 Å². The van der Waals surface area contributed by atoms with Crippen molar-refractivity contribution < 1.29 is 4.79 Å². The highest BCUT2D eigenvalue weighted by atomic mass is 16.2. The number of benzene rings is 1. The molecule has 1 aliphatic carbocycles. The Hall–Kier alpha value is -1.35. The Labute approximate surface area is 140 Å². The zero-order valence-electron chi connectivity index (χ0n) is 14.6. The highest BCUT2D eigenvalue weighted by Gasteiger charge is 2.26. The predicted molar refractivity (Wildman–Crippen MR) is 94.5 cm³/mol. The van der Waals surface area contributed by atoms with E-state index in [9.17, 15) is 4.79 Å². The standard InChI is InChI=1S/C20H30N2O/c1-15-5-3-4-6-19(15)16(2)13-20(23)22-11-9-18(10-12-22)21-14-17-7-8-17/h3-6,16-18,21H,7-14H2,1-2H3. The minimum atomic E-state index is 0.300. The molecule has 0 radical (unpaired) electrons. The minimum Gasteiger partial charge on any atom is -0.343 e. The Morgan fingerprint density at radius 2 is 1.91 bits per heavy atom. The van der Waals surface area contributed by atoms with Crippen LogP contribution in [0.25, 0.3) is 0 Å². The second-order valence-electron chi connectivity index (χ2n) is 7.47. The van der Waals surface area contributed by atoms with Crippen molar-refractivity contribution in [3.05, 3.63) is 35.4 Å². The van der Waals surface area contributed by atoms with Crippen molar-refractivity contribution >= 4 is 5.91 Å². The summed E-state index contributed by atoms with van der Waals surface area (Å²) in [6, 6.07) is 9.04. The smallest absolute Gasteiger partial charge is 0.223 e. The van der Waals surface area contributed by atoms with Crippen LogP contribution in [-0.4, -0.2) is 36.5 Å². The zero-order valence-corrected chi connectivity index (χ0v) is 14.6. The summed E-state index contributed by atoms with van der Waals surface area (Å²) in [5.74, 6) is 1.56. The number of aryl methyl sites for hydroxylation is 1. The molecule has 1 amide bonds. The van der Waals surface area contributed by atoms with Crippen LogP contribution < -0.4 is 5.32 Å². The van der Waals surface area contributed by atoms with Crippen LogP contribution in [-0.2, 0) is 4.79 Å². The number of amides is 1. The van der Waals surface area contributed by atoms with E-state index in [1.807, 2.05) is 0 Å². The van der Waals surface area contributed by atoms with Gasteiger partial charge in [0.2, 0.25) is 5.91 Å². The highest BCUT2D eigenvalue weighted by Crippen LogP contribution is 2.28. The molecule has 1 unspecified atom stereocenters. The van der Waals surface area contributed by atoms with Crippen molar-refractivity contribution in [2.75, 3.05) is 19.6 Å². The molecule has 23 heavy (non-hydrogen) atoms. The van der Waals surface area contributed by atoms with Crippen molar-refractivity contribution in [1.29, 1.82) is 0 Å². The molecule has 3 heteroatoms. The number of rotatable bonds is 6. The normalized spacial score (nSPS) is 20.5. The number of hydrogen-bond donors (Lipinski definition) is 1. The summed E-state index contributed by atoms with van der Waals surface area (Å²) >= 11 is 0. The Balaban J connectivity index is 1.44. The van der Waals surface area contributed by atoms with Gasteiger partial charge in [-0.3, -0.25) is 4.79 Å². The second-order valence-corrected chi connectivity index (χ2v) is 7.47. The molecule has 1 atom stereocenters. The van der Waals surface area contributed by atoms with E-state index in [0.29, 0.717) is 24.3 Å². The van der Waals surface area contributed by atoms with Gasteiger partial charge in [0.05, 0.1) is 0 Å². The van der Waals surface area contributed by atoms with Crippen LogP contribution in [0.4, 0.5) is 0 Å². The van der Waals surface area contributed by atoms with Crippen molar-refractivity contribution in [3.63, 3.8) is 0 Å². The molecule has 1 saturated carbocycles. The first-order valence-electron chi connectivity index (χ1n) is 9.20. The molecule has 1 saturated heterocycles. The lowest BCUT2D eigenvalue weighted by molar-refractivity contribution is -0.132. The van der Waals surface area contributed by atoms with Crippen LogP contribution in [0.1, 0.15) is 56.1 Å². The molecule has 0 bridgehead atoms. The van der Waals surface area contributed by atoms with Gasteiger partial charge < -0.3 is 10.2 Å². The molecular formula is C20H30N2O. The lowest BCUT2D eigenvalue weighted by Crippen LogP contribution is -2.45. The Morgan fingerprint density at radius 3 is 2.57 bits per heavy atom. The Morgan fingerprint density at radius 1 is 1.22 bits per heavy atom. The zero-order chi connectivity index (χ0) is 16.2. The van der Waals surface area contributed by atoms with Gasteiger partial charge in [-0.2, -0.15) is 0 Å². The average molecular weight is 314 g/mol. The van der Waals surface area contributed by atoms with Crippen LogP contribution in [0.2, 0.25) is 0 Å². The molecule has 1 N–H and O–H groups in total. The van der Waals surface area contributed by atoms with E-state index in [-0.39, 0.29) is 0 Å². The lowest BCUT2D eigenvalue weighted by atomic mass is 9.93. The summed E-state index contributed by atoms with van der Waals surface area (Å²) < 4.78 is 0. The minimum absolute atomic E-state index is 0.300. The first-order valence-corrected chi connectivity index (χ1v) is 9.20. The van der Waals surface area contributed by atoms with E-state index in [1.54, 1.807) is 0 Å². The molecule has 1 aliphatic heterocycles. The third kappa shape index (κ3) is 4.57. The number of nitrogens with one attached hydrogen (secondary N) is 1. The summed E-state index contributed by atoms with van der Waals surface area (Å²) in [5.41, 5.74) is 2.60. The van der Waals surface area contributed by atoms with Crippen LogP contribution in [0.3, 0.4) is 0 Å². The first kappa shape index (κ1) is 16.5. The van der Waals surface area contributed by atoms with Gasteiger partial charge in [-0.05, 0) is 62.1 Å². The quantitative estimate of drug-likeness (QED) is 0.872. The fourth-order valence-corrected chi connectivity index (χ4v) is 3.63. The topological polar surface area (TPSA) is 32.3 Å². The molecule has 3 nitrogen and oxygen atoms in total. The lowest BCUT2D eigenvalue weighted by Gasteiger charge is -2.33. The van der Waals surface area contributed by atoms with E-state index in [4.69, 9.17) is 0 Å². The summed E-state index contributed by atoms with van der Waals surface area (Å²) in [6.07, 6.45) is 5.65. The van der Waals surface area contributed by atoms with Gasteiger partial charge in [-0.25, -0.2) is 0 Å². The molecule has 1 aromatic rings. The maximum atomic E-state index is 12.6. The Bertz CT molecular complexity index is 530. The van der Waals surface area contributed by atoms with Crippen molar-refractivity contribution in [1.82, 2.24) is 10.2 Å². The molecule has 1 aromatic carbocycles. The van der Waals surface area contributed by atoms with E-state index in [0.717, 1.165) is 31.8 Å². The third-order valence-corrected chi connectivity index (χ3v) is 5.44. The van der Waals surface area contributed by atoms with Crippen LogP contribution in [0, 0.1) is 12.8 Å². The van der Waals surface area contributed by atoms with Gasteiger partial charge in [0.1, 0.15) is 0 Å². The van der Waals surface area contributed by atoms with Crippen LogP contribution in [0.15, 0.2) is 24.3 Å². The summed E-state index contributed by atoms with van der Waals surface area (Å²) in [5, 5.41) is 3.68. The van der Waals surface area contributed by atoms with Crippen molar-refractivity contribution in [3.8, 4) is 0 Å². The molecule has 2 aliphatic rings. The molecule has 0 aromatic heterocycles. The number of carbonyl (C=O) groups excluding carboxylic acids is 1. The van der Waals surface area contributed by atoms with Gasteiger partial charge >= 0.3 is 0 Å². The fourth-order valence-electron chi connectivity index (χ4n) is 3.63. The van der Waals surface area contributed by atoms with Gasteiger partial charge in [-0.15, -0.1) is 0 Å². The molecule has 0 spiro atoms. The monoisotopic (exact) mass is 314 g/mol. The molecular weight excluding hydrogens is 284 g/mol. The van der Waals surface area contributed by atoms with E-state index in [1.165, 1.54) is 30.5 Å². The van der Waals surface area contributed by atoms with Crippen molar-refractivity contribution in [2.24, 2.45) is 5.92 Å². The van der Waals surface area contributed by atoms with Crippen molar-refractivity contribution in [2.45, 2.75) is 57.9 Å². The summed E-state index contributed by atoms with van der Waals surface area (Å²) in [7, 11) is 0. The SMILES string of the molecule is Cc1ccccc1C(C)CC(=O)N1CCC(NCC2CC2)CC1. The summed E-state index contributed by atoms with van der Waals surface area (Å²) in [6.45, 7) is 7.32. The molecule has 1 heterocycles. The number of hydrogen-bond acceptors (Lipinski definition) is 2. The van der Waals surface area contributed by atoms with E-state index in [2.05, 4.69) is 48.3 Å². The number of likely N-dealkylation sites (tertiary alicyclic amines) is 1. The Kier molecular flexibility index (Phi) is 5.37. The number of nitrogens with zero attached hydrogens (tertiary/aromatic N) is 1. The fraction of sp³-hybridized carbons (Fsp3) is 0.650. The molecule has 3 rings (SSSR count). The third-order valence-electron chi connectivity index (χ3n) is 5.44. The van der Waals surface area contributed by atoms with Crippen LogP contribution >= 0.6 is 0 Å². The van der Waals surface area contributed by atoms with Gasteiger partial charge in [0.25, 0.3) is 0 Å². The number of piperidine rings is 1. The van der Waals surface area contributed by atoms with Gasteiger partial charge in [0, 0.05) is 25.6 Å². The average Bonchev–Trinajstić information content (AvgIpc) is 3.38. The molecule has 126 valence electrons. The highest BCUT2D eigenvalue weighted by molar-refractivity contribution is 5.77. The number of carbonyl (C=O) groups is 1. The summed E-state index contributed by atoms with van der Waals surface area (Å²) in [4.78, 5) is 14.7. The maximum absolute atomic E-state index is 12.6. The second kappa shape index (κ2) is 7.48.